The first-order chi connectivity index (χ1) is 8.87. The Morgan fingerprint density at radius 1 is 1.47 bits per heavy atom. The predicted molar refractivity (Wildman–Crippen MR) is 72.0 cm³/mol. The number of hydrogen-bond donors (Lipinski definition) is 2. The third-order valence-corrected chi connectivity index (χ3v) is 5.28. The molecule has 1 aliphatic heterocycles. The number of halogens is 1. The van der Waals surface area contributed by atoms with Crippen molar-refractivity contribution in [2.75, 3.05) is 16.8 Å². The van der Waals surface area contributed by atoms with Crippen molar-refractivity contribution in [2.45, 2.75) is 18.9 Å². The molecule has 3 rings (SSSR count). The van der Waals surface area contributed by atoms with Crippen LogP contribution >= 0.6 is 11.6 Å². The maximum absolute atomic E-state index is 11.6. The highest BCUT2D eigenvalue weighted by atomic mass is 35.5. The van der Waals surface area contributed by atoms with Gasteiger partial charge in [0.2, 0.25) is 5.28 Å². The van der Waals surface area contributed by atoms with Gasteiger partial charge in [-0.05, 0) is 24.9 Å². The predicted octanol–water partition coefficient (Wildman–Crippen LogP) is 0.995. The van der Waals surface area contributed by atoms with E-state index in [2.05, 4.69) is 25.5 Å². The molecule has 2 aromatic rings. The molecule has 19 heavy (non-hydrogen) atoms. The summed E-state index contributed by atoms with van der Waals surface area (Å²) in [5.41, 5.74) is -0.0206. The molecule has 1 saturated heterocycles. The summed E-state index contributed by atoms with van der Waals surface area (Å²) in [4.78, 5) is 8.12. The van der Waals surface area contributed by atoms with E-state index in [1.54, 1.807) is 6.20 Å². The van der Waals surface area contributed by atoms with Crippen LogP contribution in [-0.4, -0.2) is 45.6 Å². The molecular weight excluding hydrogens is 290 g/mol. The number of rotatable bonds is 2. The van der Waals surface area contributed by atoms with E-state index in [-0.39, 0.29) is 16.8 Å². The van der Waals surface area contributed by atoms with E-state index in [0.717, 1.165) is 0 Å². The molecule has 1 aliphatic rings. The number of fused-ring (bicyclic) bond motifs is 1. The monoisotopic (exact) mass is 301 g/mol. The summed E-state index contributed by atoms with van der Waals surface area (Å²) >= 11 is 5.84. The minimum atomic E-state index is -2.99. The van der Waals surface area contributed by atoms with Gasteiger partial charge in [-0.15, -0.1) is 0 Å². The SMILES string of the molecule is CC1(Nc2nc(Cl)nc3[nH]ncc23)CCS(=O)(=O)C1. The topological polar surface area (TPSA) is 101 Å². The molecule has 0 aromatic carbocycles. The summed E-state index contributed by atoms with van der Waals surface area (Å²) in [6.07, 6.45) is 2.12. The van der Waals surface area contributed by atoms with Crippen molar-refractivity contribution in [1.29, 1.82) is 0 Å². The second kappa shape index (κ2) is 4.04. The van der Waals surface area contributed by atoms with Crippen LogP contribution in [0.15, 0.2) is 6.20 Å². The summed E-state index contributed by atoms with van der Waals surface area (Å²) < 4.78 is 23.2. The lowest BCUT2D eigenvalue weighted by Crippen LogP contribution is -2.36. The first kappa shape index (κ1) is 12.6. The number of anilines is 1. The second-order valence-corrected chi connectivity index (χ2v) is 7.52. The molecule has 1 unspecified atom stereocenters. The van der Waals surface area contributed by atoms with Crippen LogP contribution in [0.1, 0.15) is 13.3 Å². The lowest BCUT2D eigenvalue weighted by atomic mass is 10.0. The third-order valence-electron chi connectivity index (χ3n) is 3.21. The summed E-state index contributed by atoms with van der Waals surface area (Å²) in [5.74, 6) is 0.772. The van der Waals surface area contributed by atoms with E-state index in [1.165, 1.54) is 0 Å². The summed E-state index contributed by atoms with van der Waals surface area (Å²) in [6, 6.07) is 0. The number of hydrogen-bond acceptors (Lipinski definition) is 6. The van der Waals surface area contributed by atoms with Crippen molar-refractivity contribution in [3.8, 4) is 0 Å². The van der Waals surface area contributed by atoms with E-state index >= 15 is 0 Å². The Morgan fingerprint density at radius 2 is 2.26 bits per heavy atom. The number of sulfone groups is 1. The highest BCUT2D eigenvalue weighted by Crippen LogP contribution is 2.29. The van der Waals surface area contributed by atoms with Gasteiger partial charge in [0, 0.05) is 0 Å². The molecule has 1 fully saturated rings. The highest BCUT2D eigenvalue weighted by Gasteiger charge is 2.39. The zero-order valence-corrected chi connectivity index (χ0v) is 11.7. The van der Waals surface area contributed by atoms with E-state index < -0.39 is 15.4 Å². The average molecular weight is 302 g/mol. The Bertz CT molecular complexity index is 743. The number of nitrogens with zero attached hydrogens (tertiary/aromatic N) is 3. The average Bonchev–Trinajstić information content (AvgIpc) is 2.83. The van der Waals surface area contributed by atoms with Gasteiger partial charge in [0.15, 0.2) is 15.5 Å². The first-order valence-corrected chi connectivity index (χ1v) is 7.92. The molecule has 0 bridgehead atoms. The fraction of sp³-hybridized carbons (Fsp3) is 0.500. The van der Waals surface area contributed by atoms with Gasteiger partial charge in [-0.1, -0.05) is 0 Å². The Labute approximate surface area is 114 Å². The van der Waals surface area contributed by atoms with Crippen molar-refractivity contribution >= 4 is 38.3 Å². The largest absolute Gasteiger partial charge is 0.363 e. The van der Waals surface area contributed by atoms with Gasteiger partial charge >= 0.3 is 0 Å². The summed E-state index contributed by atoms with van der Waals surface area (Å²) in [5, 5.41) is 10.5. The van der Waals surface area contributed by atoms with Crippen molar-refractivity contribution in [3.63, 3.8) is 0 Å². The third kappa shape index (κ3) is 2.37. The minimum Gasteiger partial charge on any atom is -0.363 e. The second-order valence-electron chi connectivity index (χ2n) is 5.00. The van der Waals surface area contributed by atoms with Gasteiger partial charge in [0.1, 0.15) is 5.82 Å². The summed E-state index contributed by atoms with van der Waals surface area (Å²) in [6.45, 7) is 1.86. The van der Waals surface area contributed by atoms with Gasteiger partial charge in [-0.25, -0.2) is 8.42 Å². The molecule has 0 radical (unpaired) electrons. The highest BCUT2D eigenvalue weighted by molar-refractivity contribution is 7.91. The fourth-order valence-corrected chi connectivity index (χ4v) is 4.56. The van der Waals surface area contributed by atoms with Gasteiger partial charge < -0.3 is 5.32 Å². The molecule has 0 saturated carbocycles. The van der Waals surface area contributed by atoms with Gasteiger partial charge in [-0.2, -0.15) is 15.1 Å². The molecule has 1 atom stereocenters. The molecule has 2 N–H and O–H groups in total. The van der Waals surface area contributed by atoms with Crippen LogP contribution in [0, 0.1) is 0 Å². The van der Waals surface area contributed by atoms with Crippen LogP contribution in [0.2, 0.25) is 5.28 Å². The van der Waals surface area contributed by atoms with Crippen molar-refractivity contribution in [3.05, 3.63) is 11.5 Å². The Hall–Kier alpha value is -1.41. The standard InChI is InChI=1S/C10H12ClN5O2S/c1-10(2-3-19(17,18)5-10)15-7-6-4-12-16-8(6)14-9(11)13-7/h4H,2-3,5H2,1H3,(H2,12,13,14,15,16). The van der Waals surface area contributed by atoms with Crippen LogP contribution in [0.5, 0.6) is 0 Å². The van der Waals surface area contributed by atoms with Crippen molar-refractivity contribution in [2.24, 2.45) is 0 Å². The molecule has 3 heterocycles. The number of nitrogens with one attached hydrogen (secondary N) is 2. The molecule has 9 heteroatoms. The van der Waals surface area contributed by atoms with Crippen LogP contribution in [0.3, 0.4) is 0 Å². The van der Waals surface area contributed by atoms with Crippen LogP contribution < -0.4 is 5.32 Å². The number of aromatic nitrogens is 4. The van der Waals surface area contributed by atoms with Gasteiger partial charge in [0.05, 0.1) is 28.6 Å². The lowest BCUT2D eigenvalue weighted by molar-refractivity contribution is 0.572. The van der Waals surface area contributed by atoms with E-state index in [0.29, 0.717) is 23.3 Å². The van der Waals surface area contributed by atoms with Gasteiger partial charge in [0.25, 0.3) is 0 Å². The zero-order valence-electron chi connectivity index (χ0n) is 10.1. The molecule has 0 amide bonds. The number of aromatic amines is 1. The maximum atomic E-state index is 11.6. The van der Waals surface area contributed by atoms with E-state index in [9.17, 15) is 8.42 Å². The maximum Gasteiger partial charge on any atom is 0.226 e. The van der Waals surface area contributed by atoms with Crippen LogP contribution in [0.25, 0.3) is 11.0 Å². The Morgan fingerprint density at radius 3 is 2.95 bits per heavy atom. The Kier molecular flexibility index (Phi) is 2.68. The van der Waals surface area contributed by atoms with Gasteiger partial charge in [-0.3, -0.25) is 5.10 Å². The molecule has 0 aliphatic carbocycles. The number of H-pyrrole nitrogens is 1. The van der Waals surface area contributed by atoms with E-state index in [4.69, 9.17) is 11.6 Å². The van der Waals surface area contributed by atoms with E-state index in [1.807, 2.05) is 6.92 Å². The molecule has 7 nitrogen and oxygen atoms in total. The van der Waals surface area contributed by atoms with Crippen molar-refractivity contribution < 1.29 is 8.42 Å². The lowest BCUT2D eigenvalue weighted by Gasteiger charge is -2.24. The Balaban J connectivity index is 2.00. The van der Waals surface area contributed by atoms with Crippen molar-refractivity contribution in [1.82, 2.24) is 20.2 Å². The first-order valence-electron chi connectivity index (χ1n) is 5.72. The normalized spacial score (nSPS) is 25.8. The minimum absolute atomic E-state index is 0.0843. The van der Waals surface area contributed by atoms with Crippen LogP contribution in [0.4, 0.5) is 5.82 Å². The molecule has 0 spiro atoms. The molecular formula is C10H12ClN5O2S. The summed E-state index contributed by atoms with van der Waals surface area (Å²) in [7, 11) is -2.99. The zero-order chi connectivity index (χ0) is 13.7. The quantitative estimate of drug-likeness (QED) is 0.802. The van der Waals surface area contributed by atoms with Crippen LogP contribution in [-0.2, 0) is 9.84 Å². The molecule has 2 aromatic heterocycles. The molecule has 102 valence electrons. The fourth-order valence-electron chi connectivity index (χ4n) is 2.30. The smallest absolute Gasteiger partial charge is 0.226 e.